The van der Waals surface area contributed by atoms with E-state index in [1.807, 2.05) is 35.0 Å². The summed E-state index contributed by atoms with van der Waals surface area (Å²) >= 11 is 1.65. The van der Waals surface area contributed by atoms with Crippen LogP contribution in [0.15, 0.2) is 59.3 Å². The van der Waals surface area contributed by atoms with Gasteiger partial charge in [-0.15, -0.1) is 0 Å². The first-order valence-corrected chi connectivity index (χ1v) is 8.87. The van der Waals surface area contributed by atoms with Crippen molar-refractivity contribution in [3.8, 4) is 23.3 Å². The van der Waals surface area contributed by atoms with Crippen molar-refractivity contribution in [1.29, 1.82) is 0 Å². The molecule has 2 nitrogen and oxygen atoms in total. The average Bonchev–Trinajstić information content (AvgIpc) is 3.17. The summed E-state index contributed by atoms with van der Waals surface area (Å²) < 4.78 is 11.5. The van der Waals surface area contributed by atoms with E-state index in [4.69, 9.17) is 9.47 Å². The van der Waals surface area contributed by atoms with Gasteiger partial charge in [-0.25, -0.2) is 0 Å². The molecule has 0 unspecified atom stereocenters. The molecule has 0 saturated heterocycles. The molecule has 0 N–H and O–H groups in total. The predicted molar refractivity (Wildman–Crippen MR) is 105 cm³/mol. The lowest BCUT2D eigenvalue weighted by molar-refractivity contribution is 0.417. The van der Waals surface area contributed by atoms with Crippen LogP contribution in [-0.4, -0.2) is 14.2 Å². The first-order chi connectivity index (χ1) is 12.3. The van der Waals surface area contributed by atoms with E-state index in [9.17, 15) is 0 Å². The van der Waals surface area contributed by atoms with Crippen LogP contribution in [0.25, 0.3) is 21.5 Å². The Bertz CT molecular complexity index is 1120. The number of methoxy groups -OCH3 is 2. The quantitative estimate of drug-likeness (QED) is 0.354. The Kier molecular flexibility index (Phi) is 4.05. The maximum absolute atomic E-state index is 5.74. The highest BCUT2D eigenvalue weighted by Gasteiger charge is 2.14. The van der Waals surface area contributed by atoms with Gasteiger partial charge in [0, 0.05) is 38.1 Å². The van der Waals surface area contributed by atoms with Gasteiger partial charge in [-0.3, -0.25) is 0 Å². The van der Waals surface area contributed by atoms with E-state index in [2.05, 4.69) is 36.1 Å². The van der Waals surface area contributed by atoms with Crippen LogP contribution in [0.3, 0.4) is 0 Å². The van der Waals surface area contributed by atoms with Gasteiger partial charge in [0.15, 0.2) is 0 Å². The number of fused-ring (bicyclic) bond motifs is 2. The van der Waals surface area contributed by atoms with E-state index >= 15 is 0 Å². The molecule has 4 rings (SSSR count). The fourth-order valence-electron chi connectivity index (χ4n) is 3.10. The number of hydrogen-bond donors (Lipinski definition) is 0. The van der Waals surface area contributed by atoms with Crippen molar-refractivity contribution in [3.63, 3.8) is 0 Å². The smallest absolute Gasteiger partial charge is 0.134 e. The van der Waals surface area contributed by atoms with Crippen molar-refractivity contribution in [1.82, 2.24) is 0 Å². The second-order valence-electron chi connectivity index (χ2n) is 5.63. The van der Waals surface area contributed by atoms with E-state index in [1.54, 1.807) is 25.6 Å². The van der Waals surface area contributed by atoms with Crippen LogP contribution in [0.2, 0.25) is 0 Å². The van der Waals surface area contributed by atoms with Crippen LogP contribution < -0.4 is 9.47 Å². The van der Waals surface area contributed by atoms with Crippen LogP contribution in [0.1, 0.15) is 11.1 Å². The van der Waals surface area contributed by atoms with E-state index in [1.165, 1.54) is 0 Å². The number of thiophene rings is 1. The van der Waals surface area contributed by atoms with E-state index in [0.717, 1.165) is 44.2 Å². The van der Waals surface area contributed by atoms with Crippen molar-refractivity contribution < 1.29 is 9.47 Å². The van der Waals surface area contributed by atoms with Crippen molar-refractivity contribution in [3.05, 3.63) is 70.4 Å². The van der Waals surface area contributed by atoms with Crippen LogP contribution in [0.4, 0.5) is 0 Å². The standard InChI is InChI=1S/C22H16O2S/c1-23-21-17-5-3-4-6-18(17)22(24-2)20-13-15(9-10-19(20)21)7-8-16-11-12-25-14-16/h3-6,9-14H,1-2H3. The molecule has 1 aromatic heterocycles. The highest BCUT2D eigenvalue weighted by molar-refractivity contribution is 7.08. The number of hydrogen-bond acceptors (Lipinski definition) is 3. The van der Waals surface area contributed by atoms with Gasteiger partial charge in [-0.05, 0) is 29.6 Å². The van der Waals surface area contributed by atoms with Crippen molar-refractivity contribution >= 4 is 32.9 Å². The highest BCUT2D eigenvalue weighted by Crippen LogP contribution is 2.42. The Balaban J connectivity index is 1.99. The summed E-state index contributed by atoms with van der Waals surface area (Å²) in [7, 11) is 3.41. The van der Waals surface area contributed by atoms with Gasteiger partial charge in [-0.1, -0.05) is 36.1 Å². The van der Waals surface area contributed by atoms with Crippen molar-refractivity contribution in [2.24, 2.45) is 0 Å². The van der Waals surface area contributed by atoms with Gasteiger partial charge in [0.25, 0.3) is 0 Å². The molecule has 0 spiro atoms. The SMILES string of the molecule is COc1c2ccccc2c(OC)c2cc(C#Cc3ccsc3)ccc12. The monoisotopic (exact) mass is 344 g/mol. The topological polar surface area (TPSA) is 18.5 Å². The molecule has 0 fully saturated rings. The van der Waals surface area contributed by atoms with Gasteiger partial charge < -0.3 is 9.47 Å². The lowest BCUT2D eigenvalue weighted by Crippen LogP contribution is -1.93. The molecular weight excluding hydrogens is 328 g/mol. The minimum absolute atomic E-state index is 0.852. The largest absolute Gasteiger partial charge is 0.495 e. The fraction of sp³-hybridized carbons (Fsp3) is 0.0909. The Morgan fingerprint density at radius 2 is 1.36 bits per heavy atom. The highest BCUT2D eigenvalue weighted by atomic mass is 32.1. The van der Waals surface area contributed by atoms with Crippen molar-refractivity contribution in [2.75, 3.05) is 14.2 Å². The Morgan fingerprint density at radius 3 is 2.00 bits per heavy atom. The molecule has 3 aromatic carbocycles. The molecule has 0 aliphatic rings. The molecule has 1 heterocycles. The van der Waals surface area contributed by atoms with E-state index in [-0.39, 0.29) is 0 Å². The molecule has 0 saturated carbocycles. The number of ether oxygens (including phenoxy) is 2. The minimum atomic E-state index is 0.852. The van der Waals surface area contributed by atoms with Crippen LogP contribution in [0, 0.1) is 11.8 Å². The maximum atomic E-state index is 5.74. The third-order valence-corrected chi connectivity index (χ3v) is 4.89. The third kappa shape index (κ3) is 2.71. The lowest BCUT2D eigenvalue weighted by Gasteiger charge is -2.15. The first-order valence-electron chi connectivity index (χ1n) is 7.92. The molecule has 0 amide bonds. The molecule has 0 atom stereocenters. The zero-order valence-corrected chi connectivity index (χ0v) is 14.8. The third-order valence-electron chi connectivity index (χ3n) is 4.21. The summed E-state index contributed by atoms with van der Waals surface area (Å²) in [5.41, 5.74) is 1.99. The van der Waals surface area contributed by atoms with Gasteiger partial charge >= 0.3 is 0 Å². The molecule has 0 aliphatic heterocycles. The summed E-state index contributed by atoms with van der Waals surface area (Å²) in [5.74, 6) is 8.15. The number of benzene rings is 3. The molecule has 4 aromatic rings. The van der Waals surface area contributed by atoms with Gasteiger partial charge in [0.1, 0.15) is 11.5 Å². The van der Waals surface area contributed by atoms with Crippen molar-refractivity contribution in [2.45, 2.75) is 0 Å². The zero-order valence-electron chi connectivity index (χ0n) is 14.0. The normalized spacial score (nSPS) is 10.5. The summed E-state index contributed by atoms with van der Waals surface area (Å²) in [4.78, 5) is 0. The Hall–Kier alpha value is -2.96. The second-order valence-corrected chi connectivity index (χ2v) is 6.41. The molecule has 3 heteroatoms. The van der Waals surface area contributed by atoms with Crippen LogP contribution >= 0.6 is 11.3 Å². The molecule has 0 bridgehead atoms. The maximum Gasteiger partial charge on any atom is 0.134 e. The zero-order chi connectivity index (χ0) is 17.2. The Labute approximate surface area is 150 Å². The summed E-state index contributed by atoms with van der Waals surface area (Å²) in [5, 5.41) is 8.20. The molecule has 0 radical (unpaired) electrons. The summed E-state index contributed by atoms with van der Waals surface area (Å²) in [6.45, 7) is 0. The first kappa shape index (κ1) is 15.6. The minimum Gasteiger partial charge on any atom is -0.495 e. The average molecular weight is 344 g/mol. The molecular formula is C22H16O2S. The van der Waals surface area contributed by atoms with Crippen LogP contribution in [-0.2, 0) is 0 Å². The summed E-state index contributed by atoms with van der Waals surface area (Å²) in [6, 6.07) is 16.3. The Morgan fingerprint density at radius 1 is 0.720 bits per heavy atom. The van der Waals surface area contributed by atoms with Gasteiger partial charge in [-0.2, -0.15) is 11.3 Å². The van der Waals surface area contributed by atoms with E-state index in [0.29, 0.717) is 0 Å². The summed E-state index contributed by atoms with van der Waals surface area (Å²) in [6.07, 6.45) is 0. The fourth-order valence-corrected chi connectivity index (χ4v) is 3.68. The lowest BCUT2D eigenvalue weighted by atomic mass is 9.99. The van der Waals surface area contributed by atoms with Crippen LogP contribution in [0.5, 0.6) is 11.5 Å². The molecule has 122 valence electrons. The predicted octanol–water partition coefficient (Wildman–Crippen LogP) is 5.47. The van der Waals surface area contributed by atoms with E-state index < -0.39 is 0 Å². The molecule has 0 aliphatic carbocycles. The van der Waals surface area contributed by atoms with Gasteiger partial charge in [0.2, 0.25) is 0 Å². The number of rotatable bonds is 2. The van der Waals surface area contributed by atoms with Gasteiger partial charge in [0.05, 0.1) is 14.2 Å². The second kappa shape index (κ2) is 6.51. The molecule has 25 heavy (non-hydrogen) atoms.